The molecule has 0 saturated carbocycles. The van der Waals surface area contributed by atoms with Crippen LogP contribution in [-0.2, 0) is 27.2 Å². The molecule has 0 unspecified atom stereocenters. The van der Waals surface area contributed by atoms with Crippen molar-refractivity contribution in [1.82, 2.24) is 40.1 Å². The van der Waals surface area contributed by atoms with Gasteiger partial charge in [-0.1, -0.05) is 85.4 Å². The number of nitrogens with one attached hydrogen (secondary N) is 3. The van der Waals surface area contributed by atoms with Crippen LogP contribution < -0.4 is 10.2 Å². The summed E-state index contributed by atoms with van der Waals surface area (Å²) < 4.78 is 4.83. The number of carbonyl (C=O) groups is 3. The number of rotatable bonds is 8. The molecule has 13 nitrogen and oxygen atoms in total. The smallest absolute Gasteiger partial charge is 0.407 e. The van der Waals surface area contributed by atoms with Crippen molar-refractivity contribution < 1.29 is 19.1 Å². The van der Waals surface area contributed by atoms with Crippen LogP contribution in [0.4, 0.5) is 10.5 Å². The van der Waals surface area contributed by atoms with Crippen LogP contribution in [0.25, 0.3) is 44.8 Å². The Morgan fingerprint density at radius 3 is 2.30 bits per heavy atom. The molecule has 0 bridgehead atoms. The van der Waals surface area contributed by atoms with E-state index in [4.69, 9.17) is 24.7 Å². The summed E-state index contributed by atoms with van der Waals surface area (Å²) in [7, 11) is 1.28. The van der Waals surface area contributed by atoms with E-state index in [0.29, 0.717) is 36.3 Å². The van der Waals surface area contributed by atoms with Crippen LogP contribution in [0, 0.1) is 0 Å². The highest BCUT2D eigenvalue weighted by molar-refractivity contribution is 6.08. The van der Waals surface area contributed by atoms with Gasteiger partial charge in [0.25, 0.3) is 11.8 Å². The number of likely N-dealkylation sites (tertiary alicyclic amines) is 1. The zero-order chi connectivity index (χ0) is 40.9. The number of imidazole rings is 2. The molecule has 10 rings (SSSR count). The molecule has 3 aromatic heterocycles. The number of hydrogen-bond donors (Lipinski definition) is 3. The number of nitrogens with zero attached hydrogens (tertiary/aromatic N) is 6. The number of para-hydroxylation sites is 1. The summed E-state index contributed by atoms with van der Waals surface area (Å²) in [6.07, 6.45) is 8.43. The number of carbonyl (C=O) groups excluding carboxylic acids is 3. The first-order chi connectivity index (χ1) is 29.3. The molecule has 0 radical (unpaired) electrons. The van der Waals surface area contributed by atoms with Crippen molar-refractivity contribution in [2.45, 2.75) is 50.2 Å². The molecular formula is C47H41N9O4. The summed E-state index contributed by atoms with van der Waals surface area (Å²) in [6, 6.07) is 28.1. The molecule has 6 heterocycles. The zero-order valence-corrected chi connectivity index (χ0v) is 32.9. The van der Waals surface area contributed by atoms with Crippen LogP contribution in [0.1, 0.15) is 65.7 Å². The van der Waals surface area contributed by atoms with E-state index in [-0.39, 0.29) is 23.9 Å². The van der Waals surface area contributed by atoms with Gasteiger partial charge in [0.05, 0.1) is 71.6 Å². The fraction of sp³-hybridized carbons (Fsp3) is 0.213. The number of anilines is 1. The van der Waals surface area contributed by atoms with E-state index in [1.807, 2.05) is 83.9 Å². The van der Waals surface area contributed by atoms with Gasteiger partial charge in [-0.05, 0) is 60.1 Å². The SMILES string of the molecule is C=C1CCc2cccc3c2N(C1=O)[C@H](c1ncc(-c2ccc(-c4cnc5cc(-c6cnc([C@@H]7CCCN7C(=O)[C@H](NC(=O)OC)c7ccccc7)[nH]6)ccc5n4)cc2)[nH]1)C3. The van der Waals surface area contributed by atoms with Gasteiger partial charge in [-0.15, -0.1) is 0 Å². The van der Waals surface area contributed by atoms with Crippen molar-refractivity contribution in [3.05, 3.63) is 150 Å². The van der Waals surface area contributed by atoms with Crippen molar-refractivity contribution in [1.29, 1.82) is 0 Å². The number of H-pyrrole nitrogens is 2. The lowest BCUT2D eigenvalue weighted by Gasteiger charge is -2.28. The normalized spacial score (nSPS) is 17.8. The largest absolute Gasteiger partial charge is 0.453 e. The zero-order valence-electron chi connectivity index (χ0n) is 32.9. The Kier molecular flexibility index (Phi) is 9.27. The lowest BCUT2D eigenvalue weighted by Crippen LogP contribution is -2.42. The fourth-order valence-electron chi connectivity index (χ4n) is 8.83. The maximum atomic E-state index is 13.9. The maximum absolute atomic E-state index is 13.9. The second-order valence-corrected chi connectivity index (χ2v) is 15.5. The molecule has 3 aliphatic heterocycles. The van der Waals surface area contributed by atoms with Crippen LogP contribution in [0.15, 0.2) is 122 Å². The second kappa shape index (κ2) is 15.1. The van der Waals surface area contributed by atoms with E-state index >= 15 is 0 Å². The molecule has 0 spiro atoms. The summed E-state index contributed by atoms with van der Waals surface area (Å²) in [4.78, 5) is 69.5. The van der Waals surface area contributed by atoms with Crippen LogP contribution >= 0.6 is 0 Å². The Labute approximate surface area is 345 Å². The van der Waals surface area contributed by atoms with E-state index in [1.54, 1.807) is 17.3 Å². The minimum Gasteiger partial charge on any atom is -0.453 e. The molecule has 3 aliphatic rings. The molecule has 1 saturated heterocycles. The van der Waals surface area contributed by atoms with Gasteiger partial charge in [0, 0.05) is 29.7 Å². The molecule has 298 valence electrons. The van der Waals surface area contributed by atoms with E-state index in [0.717, 1.165) is 81.1 Å². The molecule has 3 atom stereocenters. The van der Waals surface area contributed by atoms with Gasteiger partial charge in [-0.25, -0.2) is 19.7 Å². The number of hydrogen-bond acceptors (Lipinski definition) is 8. The Hall–Kier alpha value is -7.41. The minimum absolute atomic E-state index is 0.0270. The third-order valence-electron chi connectivity index (χ3n) is 11.9. The number of benzene rings is 4. The highest BCUT2D eigenvalue weighted by atomic mass is 16.5. The average Bonchev–Trinajstić information content (AvgIpc) is 4.12. The third kappa shape index (κ3) is 6.57. The van der Waals surface area contributed by atoms with Gasteiger partial charge in [0.1, 0.15) is 17.7 Å². The fourth-order valence-corrected chi connectivity index (χ4v) is 8.83. The number of alkyl carbamates (subject to hydrolysis) is 1. The van der Waals surface area contributed by atoms with Gasteiger partial charge in [-0.3, -0.25) is 19.5 Å². The number of fused-ring (bicyclic) bond motifs is 1. The molecular weight excluding hydrogens is 755 g/mol. The molecule has 3 amide bonds. The van der Waals surface area contributed by atoms with E-state index in [2.05, 4.69) is 40.1 Å². The Bertz CT molecular complexity index is 2810. The topological polar surface area (TPSA) is 162 Å². The quantitative estimate of drug-likeness (QED) is 0.131. The summed E-state index contributed by atoms with van der Waals surface area (Å²) in [5.74, 6) is 1.18. The molecule has 3 N–H and O–H groups in total. The van der Waals surface area contributed by atoms with Crippen LogP contribution in [0.5, 0.6) is 0 Å². The average molecular weight is 796 g/mol. The monoisotopic (exact) mass is 795 g/mol. The van der Waals surface area contributed by atoms with Crippen molar-refractivity contribution in [2.75, 3.05) is 18.6 Å². The van der Waals surface area contributed by atoms with Crippen LogP contribution in [0.2, 0.25) is 0 Å². The predicted molar refractivity (Wildman–Crippen MR) is 226 cm³/mol. The van der Waals surface area contributed by atoms with Gasteiger partial charge in [0.2, 0.25) is 0 Å². The Balaban J connectivity index is 0.841. The lowest BCUT2D eigenvalue weighted by atomic mass is 10.0. The van der Waals surface area contributed by atoms with E-state index in [9.17, 15) is 14.4 Å². The van der Waals surface area contributed by atoms with Gasteiger partial charge < -0.3 is 24.9 Å². The Morgan fingerprint density at radius 2 is 1.52 bits per heavy atom. The first-order valence-corrected chi connectivity index (χ1v) is 20.1. The van der Waals surface area contributed by atoms with Gasteiger partial charge in [0.15, 0.2) is 0 Å². The minimum atomic E-state index is -0.889. The summed E-state index contributed by atoms with van der Waals surface area (Å²) in [6.45, 7) is 4.63. The van der Waals surface area contributed by atoms with E-state index in [1.165, 1.54) is 12.7 Å². The molecule has 13 heteroatoms. The summed E-state index contributed by atoms with van der Waals surface area (Å²) >= 11 is 0. The number of aromatic amines is 2. The lowest BCUT2D eigenvalue weighted by molar-refractivity contribution is -0.134. The van der Waals surface area contributed by atoms with Crippen molar-refractivity contribution in [3.63, 3.8) is 0 Å². The van der Waals surface area contributed by atoms with Gasteiger partial charge >= 0.3 is 6.09 Å². The maximum Gasteiger partial charge on any atom is 0.407 e. The van der Waals surface area contributed by atoms with Crippen molar-refractivity contribution in [2.24, 2.45) is 0 Å². The summed E-state index contributed by atoms with van der Waals surface area (Å²) in [5, 5.41) is 2.71. The number of amides is 3. The number of aryl methyl sites for hydroxylation is 1. The molecule has 1 fully saturated rings. The van der Waals surface area contributed by atoms with E-state index < -0.39 is 12.1 Å². The van der Waals surface area contributed by atoms with Crippen LogP contribution in [0.3, 0.4) is 0 Å². The second-order valence-electron chi connectivity index (χ2n) is 15.5. The van der Waals surface area contributed by atoms with Crippen molar-refractivity contribution in [3.8, 4) is 33.8 Å². The first kappa shape index (κ1) is 36.9. The molecule has 60 heavy (non-hydrogen) atoms. The molecule has 4 aromatic carbocycles. The highest BCUT2D eigenvalue weighted by Gasteiger charge is 2.40. The Morgan fingerprint density at radius 1 is 0.800 bits per heavy atom. The first-order valence-electron chi connectivity index (χ1n) is 20.1. The highest BCUT2D eigenvalue weighted by Crippen LogP contribution is 2.45. The number of aromatic nitrogens is 6. The number of methoxy groups -OCH3 is 1. The standard InChI is InChI=1S/C47H41N9O4/c1-27-13-14-31-10-6-11-33-23-40(56(42(31)33)45(27)57)44-50-25-37(52-44)29-17-15-28(16-18-29)36-24-48-35-22-32(19-20-34(35)51-36)38-26-49-43(53-38)39-12-7-21-55(39)46(58)41(54-47(59)60-2)30-8-4-3-5-9-30/h3-6,8-11,15-20,22,24-26,39-41H,1,7,12-14,21,23H2,2H3,(H,49,53)(H,50,52)(H,54,59)/t39-,40-,41+/m0/s1. The summed E-state index contributed by atoms with van der Waals surface area (Å²) in [5.41, 5.74) is 11.4. The predicted octanol–water partition coefficient (Wildman–Crippen LogP) is 7.97. The molecule has 7 aromatic rings. The molecule has 0 aliphatic carbocycles. The van der Waals surface area contributed by atoms with Gasteiger partial charge in [-0.2, -0.15) is 0 Å². The number of ether oxygens (including phenoxy) is 1. The van der Waals surface area contributed by atoms with Crippen LogP contribution in [-0.4, -0.2) is 66.4 Å². The third-order valence-corrected chi connectivity index (χ3v) is 11.9. The van der Waals surface area contributed by atoms with Crippen molar-refractivity contribution >= 4 is 34.6 Å².